The number of nitrogens with zero attached hydrogens (tertiary/aromatic N) is 7. The molecule has 2 aromatic heterocycles. The van der Waals surface area contributed by atoms with E-state index in [1.54, 1.807) is 42.7 Å². The minimum absolute atomic E-state index is 0. The predicted molar refractivity (Wildman–Crippen MR) is 95.9 cm³/mol. The van der Waals surface area contributed by atoms with Gasteiger partial charge in [0.15, 0.2) is 11.9 Å². The molecule has 0 saturated heterocycles. The van der Waals surface area contributed by atoms with Gasteiger partial charge in [0.25, 0.3) is 6.33 Å². The molecule has 28 heavy (non-hydrogen) atoms. The van der Waals surface area contributed by atoms with Gasteiger partial charge in [-0.25, -0.2) is 0 Å². The first-order valence-electron chi connectivity index (χ1n) is 8.26. The number of imidazole rings is 1. The Labute approximate surface area is 166 Å². The number of hydrogen-bond donors (Lipinski definition) is 3. The Hall–Kier alpha value is -3.08. The minimum atomic E-state index is -0.978. The Morgan fingerprint density at radius 2 is 1.89 bits per heavy atom. The number of rotatable bonds is 7. The molecule has 0 fully saturated rings. The van der Waals surface area contributed by atoms with Crippen molar-refractivity contribution < 1.29 is 32.4 Å². The van der Waals surface area contributed by atoms with Crippen LogP contribution in [0.15, 0.2) is 75.6 Å². The lowest BCUT2D eigenvalue weighted by Gasteiger charge is -2.02. The van der Waals surface area contributed by atoms with Crippen LogP contribution in [0, 0.1) is 0 Å². The maximum absolute atomic E-state index is 10.2. The number of fused-ring (bicyclic) bond motifs is 1. The molecule has 3 N–H and O–H groups in total. The number of pyridine rings is 1. The van der Waals surface area contributed by atoms with Crippen LogP contribution < -0.4 is 22.3 Å². The summed E-state index contributed by atoms with van der Waals surface area (Å²) in [6.07, 6.45) is 5.16. The molecule has 3 aromatic rings. The fourth-order valence-electron chi connectivity index (χ4n) is 2.50. The number of benzene rings is 1. The van der Waals surface area contributed by atoms with Crippen molar-refractivity contribution in [2.45, 2.75) is 12.8 Å². The Bertz CT molecular complexity index is 1010. The van der Waals surface area contributed by atoms with Crippen LogP contribution in [0.2, 0.25) is 0 Å². The van der Waals surface area contributed by atoms with Crippen molar-refractivity contribution in [3.05, 3.63) is 60.5 Å². The van der Waals surface area contributed by atoms with Crippen molar-refractivity contribution >= 4 is 17.4 Å². The van der Waals surface area contributed by atoms with Crippen molar-refractivity contribution in [2.75, 3.05) is 13.2 Å². The third-order valence-electron chi connectivity index (χ3n) is 3.80. The number of hydrogen-bond acceptors (Lipinski definition) is 6. The predicted octanol–water partition coefficient (Wildman–Crippen LogP) is -2.55. The summed E-state index contributed by atoms with van der Waals surface area (Å²) in [5.41, 5.74) is 1.26. The minimum Gasteiger partial charge on any atom is -1.00 e. The SMILES string of the molecule is OCCn1ccc(=NN=CN=NCC(O)[n+]2cn(O)c3ccccc32)cc1.[Cl-]. The highest BCUT2D eigenvalue weighted by atomic mass is 35.5. The summed E-state index contributed by atoms with van der Waals surface area (Å²) in [5, 5.41) is 44.9. The van der Waals surface area contributed by atoms with Crippen LogP contribution in [0.4, 0.5) is 0 Å². The molecule has 10 nitrogen and oxygen atoms in total. The van der Waals surface area contributed by atoms with Gasteiger partial charge in [0.1, 0.15) is 6.54 Å². The third-order valence-corrected chi connectivity index (χ3v) is 3.80. The summed E-state index contributed by atoms with van der Waals surface area (Å²) in [7, 11) is 0. The Balaban J connectivity index is 0.00000280. The van der Waals surface area contributed by atoms with Crippen molar-refractivity contribution in [3.8, 4) is 0 Å². The number of halogens is 1. The van der Waals surface area contributed by atoms with Gasteiger partial charge in [-0.05, 0) is 29.0 Å². The molecule has 3 rings (SSSR count). The van der Waals surface area contributed by atoms with E-state index >= 15 is 0 Å². The first-order chi connectivity index (χ1) is 13.2. The molecule has 0 aliphatic heterocycles. The van der Waals surface area contributed by atoms with Crippen LogP contribution in [0.25, 0.3) is 11.0 Å². The Morgan fingerprint density at radius 1 is 1.14 bits per heavy atom. The van der Waals surface area contributed by atoms with Crippen LogP contribution in [0.3, 0.4) is 0 Å². The van der Waals surface area contributed by atoms with Gasteiger partial charge < -0.3 is 32.4 Å². The van der Waals surface area contributed by atoms with Gasteiger partial charge in [0.2, 0.25) is 11.7 Å². The second-order valence-electron chi connectivity index (χ2n) is 5.62. The van der Waals surface area contributed by atoms with Gasteiger partial charge in [-0.15, -0.1) is 15.3 Å². The first-order valence-corrected chi connectivity index (χ1v) is 8.26. The van der Waals surface area contributed by atoms with Crippen LogP contribution in [0.1, 0.15) is 6.23 Å². The van der Waals surface area contributed by atoms with Gasteiger partial charge in [-0.2, -0.15) is 9.68 Å². The summed E-state index contributed by atoms with van der Waals surface area (Å²) >= 11 is 0. The van der Waals surface area contributed by atoms with Crippen molar-refractivity contribution in [1.29, 1.82) is 0 Å². The average molecular weight is 406 g/mol. The van der Waals surface area contributed by atoms with E-state index < -0.39 is 6.23 Å². The maximum atomic E-state index is 10.2. The average Bonchev–Trinajstić information content (AvgIpc) is 3.03. The molecule has 1 aromatic carbocycles. The number of aliphatic hydroxyl groups is 2. The molecule has 0 radical (unpaired) electrons. The summed E-state index contributed by atoms with van der Waals surface area (Å²) in [6, 6.07) is 10.7. The molecule has 1 unspecified atom stereocenters. The highest BCUT2D eigenvalue weighted by molar-refractivity contribution is 5.71. The lowest BCUT2D eigenvalue weighted by Crippen LogP contribution is -3.00. The Kier molecular flexibility index (Phi) is 7.81. The molecule has 0 amide bonds. The molecule has 0 aliphatic rings. The molecule has 148 valence electrons. The van der Waals surface area contributed by atoms with Gasteiger partial charge in [0, 0.05) is 18.9 Å². The second-order valence-corrected chi connectivity index (χ2v) is 5.62. The van der Waals surface area contributed by atoms with E-state index in [9.17, 15) is 10.3 Å². The molecule has 0 spiro atoms. The van der Waals surface area contributed by atoms with Crippen LogP contribution in [-0.2, 0) is 6.54 Å². The zero-order chi connectivity index (χ0) is 19.1. The molecule has 1 atom stereocenters. The fraction of sp³-hybridized carbons (Fsp3) is 0.235. The van der Waals surface area contributed by atoms with Gasteiger partial charge in [-0.3, -0.25) is 0 Å². The van der Waals surface area contributed by atoms with E-state index in [0.29, 0.717) is 22.9 Å². The normalized spacial score (nSPS) is 12.5. The monoisotopic (exact) mass is 405 g/mol. The van der Waals surface area contributed by atoms with Crippen molar-refractivity contribution in [1.82, 2.24) is 9.30 Å². The van der Waals surface area contributed by atoms with Crippen molar-refractivity contribution in [2.24, 2.45) is 20.4 Å². The summed E-state index contributed by atoms with van der Waals surface area (Å²) in [5.74, 6) is 0. The second kappa shape index (κ2) is 10.3. The summed E-state index contributed by atoms with van der Waals surface area (Å²) in [6.45, 7) is 0.590. The zero-order valence-electron chi connectivity index (χ0n) is 14.8. The standard InChI is InChI=1S/C17H20N7O3.ClH/c25-10-9-22-7-5-14(6-8-22)21-20-12-19-18-11-17(26)23-13-24(27)16-4-2-1-3-15(16)23;/h1-8,12-13,17,25-27H,9-11H2;1H/q+1;/p-1. The van der Waals surface area contributed by atoms with E-state index in [2.05, 4.69) is 20.4 Å². The van der Waals surface area contributed by atoms with Crippen molar-refractivity contribution in [3.63, 3.8) is 0 Å². The lowest BCUT2D eigenvalue weighted by molar-refractivity contribution is -0.735. The van der Waals surface area contributed by atoms with Gasteiger partial charge >= 0.3 is 0 Å². The number of aromatic nitrogens is 3. The summed E-state index contributed by atoms with van der Waals surface area (Å²) in [4.78, 5) is 0. The number of aliphatic hydroxyl groups excluding tert-OH is 2. The van der Waals surface area contributed by atoms with Crippen LogP contribution in [-0.4, -0.2) is 44.2 Å². The smallest absolute Gasteiger partial charge is 0.287 e. The number of azo groups is 1. The lowest BCUT2D eigenvalue weighted by atomic mass is 10.3. The maximum Gasteiger partial charge on any atom is 0.287 e. The van der Waals surface area contributed by atoms with E-state index in [4.69, 9.17) is 5.11 Å². The summed E-state index contributed by atoms with van der Waals surface area (Å²) < 4.78 is 4.27. The Morgan fingerprint density at radius 3 is 2.64 bits per heavy atom. The molecule has 0 saturated carbocycles. The molecule has 2 heterocycles. The molecular formula is C17H20ClN7O3. The fourth-order valence-corrected chi connectivity index (χ4v) is 2.50. The number of para-hydroxylation sites is 2. The van der Waals surface area contributed by atoms with E-state index in [-0.39, 0.29) is 25.6 Å². The zero-order valence-corrected chi connectivity index (χ0v) is 15.6. The van der Waals surface area contributed by atoms with Crippen LogP contribution >= 0.6 is 0 Å². The first kappa shape index (κ1) is 21.2. The largest absolute Gasteiger partial charge is 1.00 e. The van der Waals surface area contributed by atoms with E-state index in [1.807, 2.05) is 10.6 Å². The topological polar surface area (TPSA) is 124 Å². The molecular weight excluding hydrogens is 386 g/mol. The highest BCUT2D eigenvalue weighted by Gasteiger charge is 2.20. The molecule has 0 bridgehead atoms. The van der Waals surface area contributed by atoms with Gasteiger partial charge in [0.05, 0.1) is 12.0 Å². The molecule has 0 aliphatic carbocycles. The van der Waals surface area contributed by atoms with E-state index in [0.717, 1.165) is 4.73 Å². The molecule has 11 heteroatoms. The quantitative estimate of drug-likeness (QED) is 0.100. The highest BCUT2D eigenvalue weighted by Crippen LogP contribution is 2.10. The van der Waals surface area contributed by atoms with Crippen LogP contribution in [0.5, 0.6) is 0 Å². The van der Waals surface area contributed by atoms with E-state index in [1.165, 1.54) is 17.2 Å². The van der Waals surface area contributed by atoms with Gasteiger partial charge in [-0.1, -0.05) is 12.1 Å². The third kappa shape index (κ3) is 5.22.